The number of phosphoric acid groups is 1. The molecule has 11 nitrogen and oxygen atoms in total. The largest absolute Gasteiger partial charge is 0.472 e. The van der Waals surface area contributed by atoms with Gasteiger partial charge in [0.25, 0.3) is 0 Å². The van der Waals surface area contributed by atoms with Gasteiger partial charge in [-0.05, 0) is 96.3 Å². The van der Waals surface area contributed by atoms with Crippen molar-refractivity contribution in [2.24, 2.45) is 0 Å². The molecule has 68 heavy (non-hydrogen) atoms. The normalized spacial score (nSPS) is 13.8. The Morgan fingerprint density at radius 1 is 0.412 bits per heavy atom. The Kier molecular flexibility index (Phi) is 48.9. The molecule has 0 aromatic carbocycles. The van der Waals surface area contributed by atoms with Gasteiger partial charge in [-0.3, -0.25) is 23.4 Å². The van der Waals surface area contributed by atoms with Gasteiger partial charge in [0, 0.05) is 19.3 Å². The van der Waals surface area contributed by atoms with Crippen LogP contribution in [0.15, 0.2) is 48.6 Å². The van der Waals surface area contributed by atoms with E-state index >= 15 is 0 Å². The van der Waals surface area contributed by atoms with Gasteiger partial charge in [-0.15, -0.1) is 0 Å². The summed E-state index contributed by atoms with van der Waals surface area (Å²) in [5.74, 6) is -1.49. The second-order valence-electron chi connectivity index (χ2n) is 18.4. The Morgan fingerprint density at radius 3 is 1.18 bits per heavy atom. The Balaban J connectivity index is 4.77. The van der Waals surface area contributed by atoms with E-state index in [9.17, 15) is 28.9 Å². The molecule has 0 aromatic heterocycles. The molecule has 0 spiro atoms. The third kappa shape index (κ3) is 48.5. The minimum atomic E-state index is -4.75. The molecule has 0 aromatic rings. The van der Waals surface area contributed by atoms with Gasteiger partial charge in [0.15, 0.2) is 6.10 Å². The van der Waals surface area contributed by atoms with Gasteiger partial charge in [0.2, 0.25) is 0 Å². The maximum atomic E-state index is 12.9. The zero-order valence-electron chi connectivity index (χ0n) is 43.6. The van der Waals surface area contributed by atoms with Gasteiger partial charge in [0.1, 0.15) is 12.7 Å². The highest BCUT2D eigenvalue weighted by atomic mass is 31.2. The van der Waals surface area contributed by atoms with E-state index in [4.69, 9.17) is 23.3 Å². The number of hydrogen-bond donors (Lipinski definition) is 2. The number of ether oxygens (including phenoxy) is 3. The fourth-order valence-electron chi connectivity index (χ4n) is 7.42. The summed E-state index contributed by atoms with van der Waals surface area (Å²) in [5, 5.41) is 9.77. The van der Waals surface area contributed by atoms with E-state index in [0.717, 1.165) is 122 Å². The van der Waals surface area contributed by atoms with Crippen LogP contribution in [0.1, 0.15) is 252 Å². The molecule has 0 fully saturated rings. The van der Waals surface area contributed by atoms with Gasteiger partial charge in [0.05, 0.1) is 19.8 Å². The molecule has 0 saturated carbocycles. The SMILES string of the molecule is CCCC/C=C\CCCCCCCC(=O)OC(CO)COP(=O)(O)OCC(COC(=O)CCCCCCC/C=C\C/C=C\CCCCC)OC(=O)CCCCCCC/C=C\CCCCCCCC. The molecule has 0 aliphatic rings. The summed E-state index contributed by atoms with van der Waals surface area (Å²) in [6.07, 6.45) is 52.1. The second-order valence-corrected chi connectivity index (χ2v) is 19.8. The lowest BCUT2D eigenvalue weighted by Gasteiger charge is -2.21. The Labute approximate surface area is 415 Å². The summed E-state index contributed by atoms with van der Waals surface area (Å²) < 4.78 is 39.4. The Bertz CT molecular complexity index is 1330. The van der Waals surface area contributed by atoms with Crippen LogP contribution in [0.2, 0.25) is 0 Å². The van der Waals surface area contributed by atoms with Crippen LogP contribution in [-0.4, -0.2) is 66.5 Å². The van der Waals surface area contributed by atoms with E-state index in [-0.39, 0.29) is 25.9 Å². The monoisotopic (exact) mass is 981 g/mol. The molecule has 0 radical (unpaired) electrons. The summed E-state index contributed by atoms with van der Waals surface area (Å²) in [6, 6.07) is 0. The summed E-state index contributed by atoms with van der Waals surface area (Å²) >= 11 is 0. The molecule has 2 N–H and O–H groups in total. The minimum Gasteiger partial charge on any atom is -0.462 e. The molecule has 0 aliphatic heterocycles. The number of hydrogen-bond acceptors (Lipinski definition) is 10. The molecule has 0 saturated heterocycles. The fraction of sp³-hybridized carbons (Fsp3) is 0.804. The van der Waals surface area contributed by atoms with Crippen LogP contribution in [0, 0.1) is 0 Å². The molecule has 0 heterocycles. The van der Waals surface area contributed by atoms with Crippen molar-refractivity contribution in [3.63, 3.8) is 0 Å². The first-order valence-corrected chi connectivity index (χ1v) is 29.0. The zero-order valence-corrected chi connectivity index (χ0v) is 44.5. The summed E-state index contributed by atoms with van der Waals surface area (Å²) in [7, 11) is -4.75. The van der Waals surface area contributed by atoms with Crippen LogP contribution in [0.25, 0.3) is 0 Å². The molecular weight excluding hydrogens is 880 g/mol. The molecule has 0 rings (SSSR count). The summed E-state index contributed by atoms with van der Waals surface area (Å²) in [5.41, 5.74) is 0. The molecule has 0 amide bonds. The van der Waals surface area contributed by atoms with E-state index in [1.807, 2.05) is 0 Å². The van der Waals surface area contributed by atoms with E-state index in [2.05, 4.69) is 69.4 Å². The second kappa shape index (κ2) is 50.8. The highest BCUT2D eigenvalue weighted by Crippen LogP contribution is 2.43. The first kappa shape index (κ1) is 65.4. The zero-order chi connectivity index (χ0) is 49.9. The van der Waals surface area contributed by atoms with Crippen molar-refractivity contribution in [2.45, 2.75) is 264 Å². The first-order valence-electron chi connectivity index (χ1n) is 27.5. The number of phosphoric ester groups is 1. The predicted octanol–water partition coefficient (Wildman–Crippen LogP) is 15.8. The fourth-order valence-corrected chi connectivity index (χ4v) is 8.20. The first-order chi connectivity index (χ1) is 33.2. The molecular formula is C56H101O11P. The lowest BCUT2D eigenvalue weighted by atomic mass is 10.1. The molecule has 396 valence electrons. The van der Waals surface area contributed by atoms with Crippen LogP contribution >= 0.6 is 7.82 Å². The van der Waals surface area contributed by atoms with Gasteiger partial charge >= 0.3 is 25.7 Å². The van der Waals surface area contributed by atoms with Crippen molar-refractivity contribution in [1.82, 2.24) is 0 Å². The lowest BCUT2D eigenvalue weighted by molar-refractivity contribution is -0.161. The number of rotatable bonds is 51. The summed E-state index contributed by atoms with van der Waals surface area (Å²) in [6.45, 7) is 4.54. The van der Waals surface area contributed by atoms with Crippen molar-refractivity contribution in [3.05, 3.63) is 48.6 Å². The van der Waals surface area contributed by atoms with E-state index in [0.29, 0.717) is 19.3 Å². The van der Waals surface area contributed by atoms with Gasteiger partial charge in [-0.2, -0.15) is 0 Å². The summed E-state index contributed by atoms with van der Waals surface area (Å²) in [4.78, 5) is 48.4. The van der Waals surface area contributed by atoms with E-state index in [1.54, 1.807) is 0 Å². The van der Waals surface area contributed by atoms with Crippen molar-refractivity contribution < 1.29 is 52.2 Å². The number of aliphatic hydroxyl groups excluding tert-OH is 1. The van der Waals surface area contributed by atoms with E-state index in [1.165, 1.54) is 70.6 Å². The number of aliphatic hydroxyl groups is 1. The molecule has 0 bridgehead atoms. The quantitative estimate of drug-likeness (QED) is 0.0197. The van der Waals surface area contributed by atoms with Crippen LogP contribution in [-0.2, 0) is 42.2 Å². The average Bonchev–Trinajstić information content (AvgIpc) is 3.32. The predicted molar refractivity (Wildman–Crippen MR) is 279 cm³/mol. The molecule has 12 heteroatoms. The van der Waals surface area contributed by atoms with Crippen molar-refractivity contribution in [3.8, 4) is 0 Å². The third-order valence-electron chi connectivity index (χ3n) is 11.7. The highest BCUT2D eigenvalue weighted by Gasteiger charge is 2.28. The number of esters is 3. The topological polar surface area (TPSA) is 155 Å². The minimum absolute atomic E-state index is 0.155. The molecule has 3 unspecified atom stereocenters. The number of unbranched alkanes of at least 4 members (excludes halogenated alkanes) is 26. The third-order valence-corrected chi connectivity index (χ3v) is 12.6. The van der Waals surface area contributed by atoms with Gasteiger partial charge < -0.3 is 24.2 Å². The standard InChI is InChI=1S/C56H101O11P/c1-4-7-10-13-16-19-22-24-26-28-31-33-36-39-42-45-54(58)63-49-53(67-56(60)47-44-41-38-35-32-29-27-25-23-20-17-14-11-8-5-2)51-65-68(61,62)64-50-52(48-57)66-55(59)46-43-40-37-34-30-21-18-15-12-9-6-3/h15-16,18-19,24-27,52-53,57H,4-14,17,20-23,28-51H2,1-3H3,(H,61,62)/b18-15-,19-16-,26-24-,27-25-. The van der Waals surface area contributed by atoms with Gasteiger partial charge in [-0.1, -0.05) is 185 Å². The van der Waals surface area contributed by atoms with Gasteiger partial charge in [-0.25, -0.2) is 4.57 Å². The average molecular weight is 981 g/mol. The van der Waals surface area contributed by atoms with E-state index < -0.39 is 57.8 Å². The number of carbonyl (C=O) groups is 3. The Hall–Kier alpha value is -2.56. The highest BCUT2D eigenvalue weighted by molar-refractivity contribution is 7.47. The van der Waals surface area contributed by atoms with Crippen molar-refractivity contribution in [1.29, 1.82) is 0 Å². The number of allylic oxidation sites excluding steroid dienone is 8. The van der Waals surface area contributed by atoms with Crippen molar-refractivity contribution in [2.75, 3.05) is 26.4 Å². The van der Waals surface area contributed by atoms with Crippen LogP contribution < -0.4 is 0 Å². The number of carbonyl (C=O) groups excluding carboxylic acids is 3. The maximum Gasteiger partial charge on any atom is 0.472 e. The van der Waals surface area contributed by atoms with Crippen molar-refractivity contribution >= 4 is 25.7 Å². The van der Waals surface area contributed by atoms with Crippen LogP contribution in [0.5, 0.6) is 0 Å². The smallest absolute Gasteiger partial charge is 0.462 e. The van der Waals surface area contributed by atoms with Crippen LogP contribution in [0.4, 0.5) is 0 Å². The Morgan fingerprint density at radius 2 is 0.735 bits per heavy atom. The molecule has 0 aliphatic carbocycles. The molecule has 3 atom stereocenters. The maximum absolute atomic E-state index is 12.9. The lowest BCUT2D eigenvalue weighted by Crippen LogP contribution is -2.30. The van der Waals surface area contributed by atoms with Crippen LogP contribution in [0.3, 0.4) is 0 Å².